The molecule has 0 radical (unpaired) electrons. The number of piperidine rings is 1. The molecule has 0 spiro atoms. The number of benzene rings is 1. The van der Waals surface area contributed by atoms with Crippen LogP contribution in [-0.4, -0.2) is 54.0 Å². The number of nitrogens with one attached hydrogen (secondary N) is 3. The molecule has 0 aliphatic carbocycles. The molecule has 160 valence electrons. The van der Waals surface area contributed by atoms with Crippen LogP contribution in [0.4, 0.5) is 16.2 Å². The van der Waals surface area contributed by atoms with E-state index in [1.807, 2.05) is 18.7 Å². The van der Waals surface area contributed by atoms with Gasteiger partial charge in [0.05, 0.1) is 4.92 Å². The lowest BCUT2D eigenvalue weighted by Crippen LogP contribution is -2.50. The van der Waals surface area contributed by atoms with Crippen molar-refractivity contribution in [3.8, 4) is 0 Å². The van der Waals surface area contributed by atoms with Gasteiger partial charge >= 0.3 is 6.03 Å². The fourth-order valence-electron chi connectivity index (χ4n) is 3.53. The Hall–Kier alpha value is -2.84. The van der Waals surface area contributed by atoms with Crippen LogP contribution in [0.1, 0.15) is 39.5 Å². The van der Waals surface area contributed by atoms with E-state index in [9.17, 15) is 19.7 Å². The van der Waals surface area contributed by atoms with Crippen molar-refractivity contribution in [1.82, 2.24) is 15.5 Å². The van der Waals surface area contributed by atoms with Gasteiger partial charge in [-0.25, -0.2) is 4.79 Å². The highest BCUT2D eigenvalue weighted by atomic mass is 16.6. The first-order valence-electron chi connectivity index (χ1n) is 10.3. The summed E-state index contributed by atoms with van der Waals surface area (Å²) in [7, 11) is 0. The standard InChI is InChI=1S/C20H31N5O4/c1-3-15(4-2)19(26)24-13-9-16(10-14-24)23-20(27)22-12-11-21-17-7-5-6-8-18(17)25(28)29/h5-8,15-16,21H,3-4,9-14H2,1-2H3,(H2,22,23,27). The number of urea groups is 1. The zero-order chi connectivity index (χ0) is 21.2. The molecule has 1 aliphatic rings. The Morgan fingerprint density at radius 2 is 1.83 bits per heavy atom. The molecule has 1 heterocycles. The van der Waals surface area contributed by atoms with Gasteiger partial charge < -0.3 is 20.9 Å². The molecule has 9 nitrogen and oxygen atoms in total. The maximum absolute atomic E-state index is 12.4. The second kappa shape index (κ2) is 11.2. The first-order chi connectivity index (χ1) is 14.0. The number of hydrogen-bond donors (Lipinski definition) is 3. The zero-order valence-electron chi connectivity index (χ0n) is 17.1. The SMILES string of the molecule is CCC(CC)C(=O)N1CCC(NC(=O)NCCNc2ccccc2[N+](=O)[O-])CC1. The summed E-state index contributed by atoms with van der Waals surface area (Å²) in [5.41, 5.74) is 0.431. The van der Waals surface area contributed by atoms with Crippen LogP contribution in [0.5, 0.6) is 0 Å². The number of hydrogen-bond acceptors (Lipinski definition) is 5. The van der Waals surface area contributed by atoms with Crippen LogP contribution in [0, 0.1) is 16.0 Å². The molecular formula is C20H31N5O4. The van der Waals surface area contributed by atoms with E-state index in [0.29, 0.717) is 31.9 Å². The van der Waals surface area contributed by atoms with Gasteiger partial charge in [-0.1, -0.05) is 26.0 Å². The van der Waals surface area contributed by atoms with Crippen LogP contribution in [0.25, 0.3) is 0 Å². The minimum absolute atomic E-state index is 0.00615. The Bertz CT molecular complexity index is 700. The molecule has 0 bridgehead atoms. The molecule has 0 unspecified atom stereocenters. The molecule has 3 amide bonds. The number of nitro benzene ring substituents is 1. The summed E-state index contributed by atoms with van der Waals surface area (Å²) in [4.78, 5) is 36.9. The molecule has 3 N–H and O–H groups in total. The predicted octanol–water partition coefficient (Wildman–Crippen LogP) is 2.73. The van der Waals surface area contributed by atoms with Crippen molar-refractivity contribution in [2.75, 3.05) is 31.5 Å². The Labute approximate surface area is 171 Å². The molecule has 0 saturated carbocycles. The minimum Gasteiger partial charge on any atom is -0.378 e. The molecule has 1 saturated heterocycles. The lowest BCUT2D eigenvalue weighted by molar-refractivity contribution is -0.384. The smallest absolute Gasteiger partial charge is 0.315 e. The van der Waals surface area contributed by atoms with Crippen molar-refractivity contribution in [1.29, 1.82) is 0 Å². The van der Waals surface area contributed by atoms with E-state index in [2.05, 4.69) is 16.0 Å². The zero-order valence-corrected chi connectivity index (χ0v) is 17.1. The maximum Gasteiger partial charge on any atom is 0.315 e. The van der Waals surface area contributed by atoms with Crippen molar-refractivity contribution in [3.63, 3.8) is 0 Å². The maximum atomic E-state index is 12.4. The Kier molecular flexibility index (Phi) is 8.69. The van der Waals surface area contributed by atoms with E-state index in [-0.39, 0.29) is 29.6 Å². The summed E-state index contributed by atoms with van der Waals surface area (Å²) in [6.45, 7) is 6.12. The molecule has 1 fully saturated rings. The topological polar surface area (TPSA) is 117 Å². The number of para-hydroxylation sites is 2. The molecular weight excluding hydrogens is 374 g/mol. The van der Waals surface area contributed by atoms with Gasteiger partial charge in [-0.3, -0.25) is 14.9 Å². The summed E-state index contributed by atoms with van der Waals surface area (Å²) in [6.07, 6.45) is 3.20. The lowest BCUT2D eigenvalue weighted by atomic mass is 9.98. The molecule has 0 aromatic heterocycles. The lowest BCUT2D eigenvalue weighted by Gasteiger charge is -2.34. The van der Waals surface area contributed by atoms with E-state index < -0.39 is 4.92 Å². The fraction of sp³-hybridized carbons (Fsp3) is 0.600. The molecule has 29 heavy (non-hydrogen) atoms. The molecule has 9 heteroatoms. The third kappa shape index (κ3) is 6.62. The Morgan fingerprint density at radius 1 is 1.17 bits per heavy atom. The monoisotopic (exact) mass is 405 g/mol. The first-order valence-corrected chi connectivity index (χ1v) is 10.3. The largest absolute Gasteiger partial charge is 0.378 e. The second-order valence-electron chi connectivity index (χ2n) is 7.21. The van der Waals surface area contributed by atoms with E-state index in [1.165, 1.54) is 6.07 Å². The number of amides is 3. The quantitative estimate of drug-likeness (QED) is 0.332. The third-order valence-corrected chi connectivity index (χ3v) is 5.30. The highest BCUT2D eigenvalue weighted by Gasteiger charge is 2.27. The average Bonchev–Trinajstić information content (AvgIpc) is 2.72. The van der Waals surface area contributed by atoms with E-state index in [1.54, 1.807) is 18.2 Å². The van der Waals surface area contributed by atoms with Crippen molar-refractivity contribution in [2.24, 2.45) is 5.92 Å². The van der Waals surface area contributed by atoms with Gasteiger partial charge in [0.2, 0.25) is 5.91 Å². The van der Waals surface area contributed by atoms with Crippen molar-refractivity contribution in [2.45, 2.75) is 45.6 Å². The minimum atomic E-state index is -0.442. The van der Waals surface area contributed by atoms with Gasteiger partial charge in [0.25, 0.3) is 5.69 Å². The van der Waals surface area contributed by atoms with Crippen LogP contribution in [0.15, 0.2) is 24.3 Å². The summed E-state index contributed by atoms with van der Waals surface area (Å²) in [5, 5.41) is 19.6. The number of likely N-dealkylation sites (tertiary alicyclic amines) is 1. The van der Waals surface area contributed by atoms with Crippen LogP contribution in [-0.2, 0) is 4.79 Å². The summed E-state index contributed by atoms with van der Waals surface area (Å²) in [5.74, 6) is 0.315. The number of carbonyl (C=O) groups excluding carboxylic acids is 2. The normalized spacial score (nSPS) is 14.5. The number of nitrogens with zero attached hydrogens (tertiary/aromatic N) is 2. The number of rotatable bonds is 9. The van der Waals surface area contributed by atoms with E-state index in [4.69, 9.17) is 0 Å². The molecule has 1 aliphatic heterocycles. The van der Waals surface area contributed by atoms with Crippen molar-refractivity contribution < 1.29 is 14.5 Å². The van der Waals surface area contributed by atoms with E-state index in [0.717, 1.165) is 25.7 Å². The third-order valence-electron chi connectivity index (χ3n) is 5.30. The number of carbonyl (C=O) groups is 2. The molecule has 0 atom stereocenters. The summed E-state index contributed by atoms with van der Waals surface area (Å²) < 4.78 is 0. The van der Waals surface area contributed by atoms with Gasteiger partial charge in [-0.05, 0) is 31.7 Å². The Balaban J connectivity index is 1.67. The van der Waals surface area contributed by atoms with Gasteiger partial charge in [-0.15, -0.1) is 0 Å². The molecule has 2 rings (SSSR count). The fourth-order valence-corrected chi connectivity index (χ4v) is 3.53. The highest BCUT2D eigenvalue weighted by Crippen LogP contribution is 2.22. The predicted molar refractivity (Wildman–Crippen MR) is 112 cm³/mol. The van der Waals surface area contributed by atoms with Gasteiger partial charge in [-0.2, -0.15) is 0 Å². The van der Waals surface area contributed by atoms with Crippen LogP contribution in [0.3, 0.4) is 0 Å². The molecule has 1 aromatic carbocycles. The van der Waals surface area contributed by atoms with Gasteiger partial charge in [0.15, 0.2) is 0 Å². The van der Waals surface area contributed by atoms with Gasteiger partial charge in [0.1, 0.15) is 5.69 Å². The second-order valence-corrected chi connectivity index (χ2v) is 7.21. The van der Waals surface area contributed by atoms with Crippen molar-refractivity contribution in [3.05, 3.63) is 34.4 Å². The summed E-state index contributed by atoms with van der Waals surface area (Å²) >= 11 is 0. The highest BCUT2D eigenvalue weighted by molar-refractivity contribution is 5.79. The number of anilines is 1. The van der Waals surface area contributed by atoms with Crippen molar-refractivity contribution >= 4 is 23.3 Å². The van der Waals surface area contributed by atoms with Crippen LogP contribution >= 0.6 is 0 Å². The first kappa shape index (κ1) is 22.4. The van der Waals surface area contributed by atoms with Gasteiger partial charge in [0, 0.05) is 44.2 Å². The number of nitro groups is 1. The Morgan fingerprint density at radius 3 is 2.45 bits per heavy atom. The molecule has 1 aromatic rings. The summed E-state index contributed by atoms with van der Waals surface area (Å²) in [6, 6.07) is 6.18. The average molecular weight is 405 g/mol. The van der Waals surface area contributed by atoms with Crippen LogP contribution < -0.4 is 16.0 Å². The van der Waals surface area contributed by atoms with Crippen LogP contribution in [0.2, 0.25) is 0 Å². The van der Waals surface area contributed by atoms with E-state index >= 15 is 0 Å².